The predicted molar refractivity (Wildman–Crippen MR) is 131 cm³/mol. The second-order valence-electron chi connectivity index (χ2n) is 8.17. The van der Waals surface area contributed by atoms with Crippen LogP contribution in [-0.2, 0) is 16.0 Å². The number of carbonyl (C=O) groups excluding carboxylic acids is 2. The van der Waals surface area contributed by atoms with Gasteiger partial charge in [-0.15, -0.1) is 0 Å². The molecule has 0 atom stereocenters. The molecule has 0 saturated carbocycles. The topological polar surface area (TPSA) is 99.2 Å². The van der Waals surface area contributed by atoms with Gasteiger partial charge < -0.3 is 25.0 Å². The number of carboxylic acids is 1. The number of aliphatic carboxylic acids is 1. The Morgan fingerprint density at radius 3 is 2.14 bits per heavy atom. The quantitative estimate of drug-likeness (QED) is 0.524. The van der Waals surface area contributed by atoms with Crippen LogP contribution in [0.2, 0.25) is 0 Å². The average Bonchev–Trinajstić information content (AvgIpc) is 2.90. The van der Waals surface area contributed by atoms with Gasteiger partial charge in [0.25, 0.3) is 5.91 Å². The molecule has 202 valence electrons. The maximum atomic E-state index is 13.2. The highest BCUT2D eigenvalue weighted by molar-refractivity contribution is 5.94. The Morgan fingerprint density at radius 1 is 1.00 bits per heavy atom. The van der Waals surface area contributed by atoms with E-state index in [9.17, 15) is 22.8 Å². The molecule has 1 heterocycles. The normalized spacial score (nSPS) is 13.2. The maximum Gasteiger partial charge on any atom is 0.490 e. The van der Waals surface area contributed by atoms with Crippen LogP contribution in [0.4, 0.5) is 13.2 Å². The number of piperazine rings is 1. The van der Waals surface area contributed by atoms with Crippen molar-refractivity contribution in [3.63, 3.8) is 0 Å². The second-order valence-corrected chi connectivity index (χ2v) is 8.17. The summed E-state index contributed by atoms with van der Waals surface area (Å²) in [5.74, 6) is -1.95. The van der Waals surface area contributed by atoms with Gasteiger partial charge in [-0.2, -0.15) is 13.2 Å². The summed E-state index contributed by atoms with van der Waals surface area (Å²) in [7, 11) is 0. The number of rotatable bonds is 9. The van der Waals surface area contributed by atoms with Gasteiger partial charge in [-0.25, -0.2) is 4.79 Å². The van der Waals surface area contributed by atoms with Gasteiger partial charge >= 0.3 is 12.1 Å². The zero-order valence-corrected chi connectivity index (χ0v) is 20.7. The van der Waals surface area contributed by atoms with Crippen LogP contribution in [0.5, 0.6) is 5.75 Å². The molecule has 0 unspecified atom stereocenters. The lowest BCUT2D eigenvalue weighted by Crippen LogP contribution is -2.47. The molecule has 0 bridgehead atoms. The molecule has 1 fully saturated rings. The molecule has 8 nitrogen and oxygen atoms in total. The molecule has 11 heteroatoms. The van der Waals surface area contributed by atoms with Crippen molar-refractivity contribution in [2.24, 2.45) is 0 Å². The molecule has 3 rings (SSSR count). The number of hydrogen-bond donors (Lipinski definition) is 2. The van der Waals surface area contributed by atoms with E-state index in [1.807, 2.05) is 42.2 Å². The Morgan fingerprint density at radius 2 is 1.59 bits per heavy atom. The van der Waals surface area contributed by atoms with Gasteiger partial charge in [0.1, 0.15) is 5.75 Å². The number of benzene rings is 2. The third-order valence-corrected chi connectivity index (χ3v) is 5.52. The zero-order chi connectivity index (χ0) is 27.3. The summed E-state index contributed by atoms with van der Waals surface area (Å²) < 4.78 is 37.2. The first-order chi connectivity index (χ1) is 17.6. The lowest BCUT2D eigenvalue weighted by Gasteiger charge is -2.29. The Bertz CT molecular complexity index is 995. The molecule has 0 radical (unpaired) electrons. The van der Waals surface area contributed by atoms with Crippen LogP contribution in [0.3, 0.4) is 0 Å². The van der Waals surface area contributed by atoms with E-state index in [-0.39, 0.29) is 11.8 Å². The molecular weight excluding hydrogens is 491 g/mol. The predicted octanol–water partition coefficient (Wildman–Crippen LogP) is 3.23. The first kappa shape index (κ1) is 29.6. The average molecular weight is 524 g/mol. The van der Waals surface area contributed by atoms with Gasteiger partial charge in [0, 0.05) is 51.3 Å². The summed E-state index contributed by atoms with van der Waals surface area (Å²) >= 11 is 0. The third-order valence-electron chi connectivity index (χ3n) is 5.52. The minimum absolute atomic E-state index is 0.0536. The first-order valence-corrected chi connectivity index (χ1v) is 12.0. The van der Waals surface area contributed by atoms with Crippen LogP contribution in [-0.4, -0.2) is 84.7 Å². The molecule has 2 aromatic carbocycles. The molecular formula is C26H32F3N3O5. The van der Waals surface area contributed by atoms with E-state index in [4.69, 9.17) is 14.6 Å². The Balaban J connectivity index is 0.000000604. The number of alkyl halides is 3. The number of nitrogens with zero attached hydrogens (tertiary/aromatic N) is 2. The lowest BCUT2D eigenvalue weighted by molar-refractivity contribution is -0.192. The zero-order valence-electron chi connectivity index (χ0n) is 20.7. The highest BCUT2D eigenvalue weighted by Gasteiger charge is 2.38. The van der Waals surface area contributed by atoms with E-state index >= 15 is 0 Å². The monoisotopic (exact) mass is 523 g/mol. The van der Waals surface area contributed by atoms with Crippen LogP contribution in [0, 0.1) is 0 Å². The van der Waals surface area contributed by atoms with Crippen molar-refractivity contribution < 1.29 is 37.4 Å². The molecule has 1 saturated heterocycles. The number of ether oxygens (including phenoxy) is 1. The van der Waals surface area contributed by atoms with Crippen molar-refractivity contribution in [2.45, 2.75) is 25.9 Å². The Hall–Kier alpha value is -3.60. The summed E-state index contributed by atoms with van der Waals surface area (Å²) in [6, 6.07) is 17.3. The SMILES string of the molecule is CCOc1ccc(C(=O)N(CCC(=O)N2CCNCC2)CCc2ccccc2)cc1.O=C(O)C(F)(F)F. The standard InChI is InChI=1S/C24H31N3O3.C2HF3O2/c1-2-30-22-10-8-21(9-11-22)24(29)27(16-12-20-6-4-3-5-7-20)17-13-23(28)26-18-14-25-15-19-26;3-2(4,5)1(6)7/h3-11,25H,2,12-19H2,1H3;(H,6,7). The van der Waals surface area contributed by atoms with E-state index < -0.39 is 12.1 Å². The van der Waals surface area contributed by atoms with Crippen LogP contribution < -0.4 is 10.1 Å². The van der Waals surface area contributed by atoms with Crippen molar-refractivity contribution in [1.29, 1.82) is 0 Å². The minimum Gasteiger partial charge on any atom is -0.494 e. The van der Waals surface area contributed by atoms with Gasteiger partial charge in [0.2, 0.25) is 5.91 Å². The highest BCUT2D eigenvalue weighted by atomic mass is 19.4. The van der Waals surface area contributed by atoms with Gasteiger partial charge in [-0.1, -0.05) is 30.3 Å². The summed E-state index contributed by atoms with van der Waals surface area (Å²) in [5, 5.41) is 10.4. The van der Waals surface area contributed by atoms with E-state index in [1.165, 1.54) is 5.56 Å². The summed E-state index contributed by atoms with van der Waals surface area (Å²) in [4.78, 5) is 38.3. The largest absolute Gasteiger partial charge is 0.494 e. The Labute approximate surface area is 214 Å². The number of carboxylic acid groups (broad SMARTS) is 1. The second kappa shape index (κ2) is 14.8. The van der Waals surface area contributed by atoms with Crippen LogP contribution in [0.25, 0.3) is 0 Å². The van der Waals surface area contributed by atoms with Crippen molar-refractivity contribution in [3.05, 3.63) is 65.7 Å². The number of carbonyl (C=O) groups is 3. The molecule has 37 heavy (non-hydrogen) atoms. The molecule has 1 aliphatic heterocycles. The fourth-order valence-electron chi connectivity index (χ4n) is 3.57. The van der Waals surface area contributed by atoms with Gasteiger partial charge in [-0.3, -0.25) is 9.59 Å². The van der Waals surface area contributed by atoms with E-state index in [0.29, 0.717) is 31.7 Å². The van der Waals surface area contributed by atoms with Crippen molar-refractivity contribution >= 4 is 17.8 Å². The molecule has 0 spiro atoms. The Kier molecular flexibility index (Phi) is 11.9. The van der Waals surface area contributed by atoms with Crippen LogP contribution in [0.15, 0.2) is 54.6 Å². The minimum atomic E-state index is -5.08. The number of halogens is 3. The van der Waals surface area contributed by atoms with Gasteiger partial charge in [0.05, 0.1) is 6.61 Å². The van der Waals surface area contributed by atoms with Gasteiger partial charge in [-0.05, 0) is 43.2 Å². The van der Waals surface area contributed by atoms with Gasteiger partial charge in [0.15, 0.2) is 0 Å². The number of hydrogen-bond acceptors (Lipinski definition) is 5. The van der Waals surface area contributed by atoms with Crippen LogP contribution >= 0.6 is 0 Å². The summed E-state index contributed by atoms with van der Waals surface area (Å²) in [6.07, 6.45) is -3.98. The van der Waals surface area contributed by atoms with Crippen LogP contribution in [0.1, 0.15) is 29.3 Å². The van der Waals surface area contributed by atoms with E-state index in [2.05, 4.69) is 17.4 Å². The lowest BCUT2D eigenvalue weighted by atomic mass is 10.1. The molecule has 1 aliphatic rings. The highest BCUT2D eigenvalue weighted by Crippen LogP contribution is 2.15. The molecule has 2 amide bonds. The van der Waals surface area contributed by atoms with E-state index in [0.717, 1.165) is 38.3 Å². The molecule has 0 aliphatic carbocycles. The number of amides is 2. The maximum absolute atomic E-state index is 13.2. The third kappa shape index (κ3) is 10.5. The van der Waals surface area contributed by atoms with Crippen molar-refractivity contribution in [2.75, 3.05) is 45.9 Å². The molecule has 2 N–H and O–H groups in total. The van der Waals surface area contributed by atoms with E-state index in [1.54, 1.807) is 17.0 Å². The smallest absolute Gasteiger partial charge is 0.490 e. The first-order valence-electron chi connectivity index (χ1n) is 12.0. The van der Waals surface area contributed by atoms with Crippen molar-refractivity contribution in [3.8, 4) is 5.75 Å². The van der Waals surface area contributed by atoms with Crippen molar-refractivity contribution in [1.82, 2.24) is 15.1 Å². The fourth-order valence-corrected chi connectivity index (χ4v) is 3.57. The molecule has 0 aromatic heterocycles. The summed E-state index contributed by atoms with van der Waals surface area (Å²) in [5.41, 5.74) is 1.79. The fraction of sp³-hybridized carbons (Fsp3) is 0.423. The number of nitrogens with one attached hydrogen (secondary N) is 1. The summed E-state index contributed by atoms with van der Waals surface area (Å²) in [6.45, 7) is 6.63. The molecule has 2 aromatic rings.